The van der Waals surface area contributed by atoms with Crippen LogP contribution >= 0.6 is 0 Å². The Morgan fingerprint density at radius 3 is 2.43 bits per heavy atom. The molecule has 0 aromatic carbocycles. The summed E-state index contributed by atoms with van der Waals surface area (Å²) in [6.07, 6.45) is 0.227. The predicted octanol–water partition coefficient (Wildman–Crippen LogP) is -0.595. The molecule has 44 valence electrons. The molecule has 0 saturated heterocycles. The van der Waals surface area contributed by atoms with E-state index in [0.29, 0.717) is 0 Å². The van der Waals surface area contributed by atoms with Gasteiger partial charge in [0.25, 0.3) is 0 Å². The maximum Gasteiger partial charge on any atom is 0.0672 e. The van der Waals surface area contributed by atoms with Crippen LogP contribution in [0.15, 0.2) is 0 Å². The smallest absolute Gasteiger partial charge is 0.0672 e. The molecular weight excluding hydrogens is 90.1 g/mol. The van der Waals surface area contributed by atoms with Crippen molar-refractivity contribution >= 4 is 0 Å². The Morgan fingerprint density at radius 1 is 1.71 bits per heavy atom. The highest BCUT2D eigenvalue weighted by atomic mass is 15.3. The topological polar surface area (TPSA) is 50.1 Å². The fraction of sp³-hybridized carbons (Fsp3) is 1.00. The predicted molar refractivity (Wildman–Crippen MR) is 30.5 cm³/mol. The van der Waals surface area contributed by atoms with Crippen molar-refractivity contribution < 1.29 is 0 Å². The fourth-order valence-electron chi connectivity index (χ4n) is 0.365. The molecular formula is C4H13N3. The first kappa shape index (κ1) is 6.88. The van der Waals surface area contributed by atoms with Crippen LogP contribution in [-0.2, 0) is 0 Å². The zero-order valence-electron chi connectivity index (χ0n) is 4.86. The highest BCUT2D eigenvalue weighted by Gasteiger charge is 1.88. The zero-order valence-corrected chi connectivity index (χ0v) is 4.86. The second-order valence-corrected chi connectivity index (χ2v) is 1.45. The van der Waals surface area contributed by atoms with Crippen molar-refractivity contribution in [2.45, 2.75) is 20.0 Å². The molecule has 0 heterocycles. The van der Waals surface area contributed by atoms with Crippen LogP contribution in [0, 0.1) is 0 Å². The Bertz CT molecular complexity index is 37.9. The molecule has 0 saturated carbocycles. The highest BCUT2D eigenvalue weighted by molar-refractivity contribution is 4.47. The van der Waals surface area contributed by atoms with Gasteiger partial charge in [-0.3, -0.25) is 5.84 Å². The van der Waals surface area contributed by atoms with Crippen molar-refractivity contribution in [1.29, 1.82) is 0 Å². The maximum absolute atomic E-state index is 5.05. The monoisotopic (exact) mass is 103 g/mol. The number of hydrogen-bond acceptors (Lipinski definition) is 3. The van der Waals surface area contributed by atoms with Crippen molar-refractivity contribution in [3.63, 3.8) is 0 Å². The Balaban J connectivity index is 2.83. The van der Waals surface area contributed by atoms with E-state index in [-0.39, 0.29) is 6.17 Å². The van der Waals surface area contributed by atoms with Crippen molar-refractivity contribution in [2.75, 3.05) is 6.54 Å². The second kappa shape index (κ2) is 4.05. The molecule has 0 aliphatic heterocycles. The van der Waals surface area contributed by atoms with E-state index in [1.807, 2.05) is 13.8 Å². The van der Waals surface area contributed by atoms with Gasteiger partial charge in [-0.1, -0.05) is 6.92 Å². The van der Waals surface area contributed by atoms with Crippen LogP contribution in [0.2, 0.25) is 0 Å². The molecule has 1 atom stereocenters. The maximum atomic E-state index is 5.05. The van der Waals surface area contributed by atoms with E-state index in [9.17, 15) is 0 Å². The summed E-state index contributed by atoms with van der Waals surface area (Å²) in [5.41, 5.74) is 2.55. The van der Waals surface area contributed by atoms with Crippen LogP contribution in [0.5, 0.6) is 0 Å². The summed E-state index contributed by atoms with van der Waals surface area (Å²) >= 11 is 0. The normalized spacial score (nSPS) is 14.1. The first-order valence-electron chi connectivity index (χ1n) is 2.50. The van der Waals surface area contributed by atoms with Crippen LogP contribution < -0.4 is 16.6 Å². The Labute approximate surface area is 44.2 Å². The standard InChI is InChI=1S/C4H13N3/c1-3-6-4(2)7-5/h4,6-7H,3,5H2,1-2H3. The summed E-state index contributed by atoms with van der Waals surface area (Å²) in [6, 6.07) is 0. The molecule has 0 radical (unpaired) electrons. The van der Waals surface area contributed by atoms with E-state index in [2.05, 4.69) is 10.7 Å². The quantitative estimate of drug-likeness (QED) is 0.254. The first-order valence-corrected chi connectivity index (χ1v) is 2.50. The number of rotatable bonds is 3. The van der Waals surface area contributed by atoms with Gasteiger partial charge in [-0.05, 0) is 13.5 Å². The lowest BCUT2D eigenvalue weighted by Gasteiger charge is -2.08. The van der Waals surface area contributed by atoms with Crippen molar-refractivity contribution in [2.24, 2.45) is 5.84 Å². The average Bonchev–Trinajstić information content (AvgIpc) is 1.68. The molecule has 0 amide bonds. The van der Waals surface area contributed by atoms with Crippen LogP contribution in [0.25, 0.3) is 0 Å². The van der Waals surface area contributed by atoms with Gasteiger partial charge in [0.2, 0.25) is 0 Å². The van der Waals surface area contributed by atoms with E-state index in [0.717, 1.165) is 6.54 Å². The minimum absolute atomic E-state index is 0.227. The molecule has 0 aromatic rings. The fourth-order valence-corrected chi connectivity index (χ4v) is 0.365. The molecule has 0 rings (SSSR count). The SMILES string of the molecule is CCNC(C)NN. The Morgan fingerprint density at radius 2 is 2.29 bits per heavy atom. The third kappa shape index (κ3) is 3.72. The van der Waals surface area contributed by atoms with E-state index in [1.54, 1.807) is 0 Å². The lowest BCUT2D eigenvalue weighted by Crippen LogP contribution is -2.43. The van der Waals surface area contributed by atoms with Gasteiger partial charge in [0.1, 0.15) is 0 Å². The molecule has 0 spiro atoms. The molecule has 3 nitrogen and oxygen atoms in total. The Hall–Kier alpha value is -0.120. The average molecular weight is 103 g/mol. The molecule has 7 heavy (non-hydrogen) atoms. The van der Waals surface area contributed by atoms with Gasteiger partial charge >= 0.3 is 0 Å². The second-order valence-electron chi connectivity index (χ2n) is 1.45. The van der Waals surface area contributed by atoms with E-state index >= 15 is 0 Å². The summed E-state index contributed by atoms with van der Waals surface area (Å²) in [5, 5.41) is 3.06. The summed E-state index contributed by atoms with van der Waals surface area (Å²) in [5.74, 6) is 5.05. The van der Waals surface area contributed by atoms with Gasteiger partial charge < -0.3 is 5.32 Å². The number of nitrogens with one attached hydrogen (secondary N) is 2. The van der Waals surface area contributed by atoms with Crippen LogP contribution in [0.4, 0.5) is 0 Å². The summed E-state index contributed by atoms with van der Waals surface area (Å²) in [6.45, 7) is 4.95. The number of hydrazine groups is 1. The van der Waals surface area contributed by atoms with E-state index in [4.69, 9.17) is 5.84 Å². The molecule has 0 aliphatic carbocycles. The summed E-state index contributed by atoms with van der Waals surface area (Å²) < 4.78 is 0. The molecule has 4 N–H and O–H groups in total. The van der Waals surface area contributed by atoms with Crippen molar-refractivity contribution in [1.82, 2.24) is 10.7 Å². The van der Waals surface area contributed by atoms with Crippen molar-refractivity contribution in [3.05, 3.63) is 0 Å². The van der Waals surface area contributed by atoms with Gasteiger partial charge in [-0.15, -0.1) is 0 Å². The van der Waals surface area contributed by atoms with E-state index in [1.165, 1.54) is 0 Å². The van der Waals surface area contributed by atoms with Gasteiger partial charge in [-0.25, -0.2) is 5.43 Å². The minimum Gasteiger partial charge on any atom is -0.301 e. The molecule has 0 aliphatic rings. The lowest BCUT2D eigenvalue weighted by molar-refractivity contribution is 0.478. The van der Waals surface area contributed by atoms with Crippen molar-refractivity contribution in [3.8, 4) is 0 Å². The zero-order chi connectivity index (χ0) is 5.70. The highest BCUT2D eigenvalue weighted by Crippen LogP contribution is 1.64. The van der Waals surface area contributed by atoms with Gasteiger partial charge in [0, 0.05) is 0 Å². The summed E-state index contributed by atoms with van der Waals surface area (Å²) in [7, 11) is 0. The van der Waals surface area contributed by atoms with Gasteiger partial charge in [-0.2, -0.15) is 0 Å². The third-order valence-corrected chi connectivity index (χ3v) is 0.760. The van der Waals surface area contributed by atoms with E-state index < -0.39 is 0 Å². The third-order valence-electron chi connectivity index (χ3n) is 0.760. The summed E-state index contributed by atoms with van der Waals surface area (Å²) in [4.78, 5) is 0. The number of hydrogen-bond donors (Lipinski definition) is 3. The largest absolute Gasteiger partial charge is 0.301 e. The molecule has 0 fully saturated rings. The minimum atomic E-state index is 0.227. The van der Waals surface area contributed by atoms with Gasteiger partial charge in [0.05, 0.1) is 6.17 Å². The Kier molecular flexibility index (Phi) is 3.98. The molecule has 3 heteroatoms. The molecule has 0 bridgehead atoms. The van der Waals surface area contributed by atoms with Crippen LogP contribution in [0.1, 0.15) is 13.8 Å². The molecule has 1 unspecified atom stereocenters. The lowest BCUT2D eigenvalue weighted by atomic mass is 10.6. The van der Waals surface area contributed by atoms with Gasteiger partial charge in [0.15, 0.2) is 0 Å². The van der Waals surface area contributed by atoms with Crippen LogP contribution in [-0.4, -0.2) is 12.7 Å². The number of nitrogens with two attached hydrogens (primary N) is 1. The first-order chi connectivity index (χ1) is 3.31. The molecule has 0 aromatic heterocycles. The van der Waals surface area contributed by atoms with Crippen LogP contribution in [0.3, 0.4) is 0 Å².